The highest BCUT2D eigenvalue weighted by molar-refractivity contribution is 6.62. The summed E-state index contributed by atoms with van der Waals surface area (Å²) in [6, 6.07) is 12.9. The van der Waals surface area contributed by atoms with Crippen LogP contribution in [-0.2, 0) is 25.3 Å². The van der Waals surface area contributed by atoms with Crippen LogP contribution in [0.25, 0.3) is 0 Å². The third kappa shape index (κ3) is 5.11. The first kappa shape index (κ1) is 28.5. The van der Waals surface area contributed by atoms with Crippen molar-refractivity contribution in [3.05, 3.63) is 76.9 Å². The largest absolute Gasteiger partial charge is 0.494 e. The molecule has 1 saturated heterocycles. The first-order valence-corrected chi connectivity index (χ1v) is 14.1. The second kappa shape index (κ2) is 10.6. The van der Waals surface area contributed by atoms with Gasteiger partial charge >= 0.3 is 13.1 Å². The second-order valence-electron chi connectivity index (χ2n) is 12.0. The zero-order chi connectivity index (χ0) is 29.8. The smallest absolute Gasteiger partial charge is 0.492 e. The van der Waals surface area contributed by atoms with Gasteiger partial charge in [-0.05, 0) is 76.3 Å². The average Bonchev–Trinajstić information content (AvgIpc) is 3.60. The van der Waals surface area contributed by atoms with Crippen molar-refractivity contribution in [3.8, 4) is 23.0 Å². The van der Waals surface area contributed by atoms with E-state index in [2.05, 4.69) is 0 Å². The molecule has 0 saturated carbocycles. The zero-order valence-electron chi connectivity index (χ0n) is 24.3. The summed E-state index contributed by atoms with van der Waals surface area (Å²) < 4.78 is 65.2. The lowest BCUT2D eigenvalue weighted by atomic mass is 9.79. The van der Waals surface area contributed by atoms with E-state index in [4.69, 9.17) is 28.3 Å². The van der Waals surface area contributed by atoms with Crippen molar-refractivity contribution < 1.29 is 41.8 Å². The Morgan fingerprint density at radius 2 is 1.71 bits per heavy atom. The van der Waals surface area contributed by atoms with Crippen LogP contribution in [0.1, 0.15) is 69.2 Å². The van der Waals surface area contributed by atoms with E-state index in [-0.39, 0.29) is 24.1 Å². The Morgan fingerprint density at radius 1 is 0.976 bits per heavy atom. The van der Waals surface area contributed by atoms with Crippen LogP contribution >= 0.6 is 0 Å². The van der Waals surface area contributed by atoms with Crippen molar-refractivity contribution in [3.63, 3.8) is 0 Å². The van der Waals surface area contributed by atoms with E-state index in [0.29, 0.717) is 53.3 Å². The molecule has 1 aliphatic carbocycles. The first-order valence-electron chi connectivity index (χ1n) is 14.1. The summed E-state index contributed by atoms with van der Waals surface area (Å²) in [6.45, 7) is 8.13. The Bertz CT molecular complexity index is 1520. The van der Waals surface area contributed by atoms with Crippen LogP contribution in [0.15, 0.2) is 48.5 Å². The highest BCUT2D eigenvalue weighted by Crippen LogP contribution is 2.45. The summed E-state index contributed by atoms with van der Waals surface area (Å²) >= 11 is 0. The molecule has 0 N–H and O–H groups in total. The fraction of sp³-hybridized carbons (Fsp3) is 0.406. The van der Waals surface area contributed by atoms with Gasteiger partial charge in [0.15, 0.2) is 11.6 Å². The summed E-state index contributed by atoms with van der Waals surface area (Å²) in [4.78, 5) is 11.7. The minimum Gasteiger partial charge on any atom is -0.492 e. The lowest BCUT2D eigenvalue weighted by molar-refractivity contribution is -0.141. The molecular weight excluding hydrogens is 545 g/mol. The minimum atomic E-state index is -0.699. The van der Waals surface area contributed by atoms with Crippen molar-refractivity contribution in [2.45, 2.75) is 70.2 Å². The number of halogens is 2. The Labute approximate surface area is 244 Å². The maximum absolute atomic E-state index is 15.2. The Kier molecular flexibility index (Phi) is 7.18. The van der Waals surface area contributed by atoms with Gasteiger partial charge in [-0.2, -0.15) is 0 Å². The van der Waals surface area contributed by atoms with Gasteiger partial charge < -0.3 is 28.3 Å². The Morgan fingerprint density at radius 3 is 2.43 bits per heavy atom. The molecule has 1 unspecified atom stereocenters. The molecule has 3 aromatic rings. The van der Waals surface area contributed by atoms with Gasteiger partial charge in [0.05, 0.1) is 31.3 Å². The van der Waals surface area contributed by atoms with Gasteiger partial charge in [0.25, 0.3) is 0 Å². The van der Waals surface area contributed by atoms with Crippen molar-refractivity contribution in [1.29, 1.82) is 0 Å². The predicted molar refractivity (Wildman–Crippen MR) is 152 cm³/mol. The molecule has 0 amide bonds. The number of carbonyl (C=O) groups is 1. The minimum absolute atomic E-state index is 0.0192. The van der Waals surface area contributed by atoms with Gasteiger partial charge in [-0.1, -0.05) is 12.1 Å². The lowest BCUT2D eigenvalue weighted by Gasteiger charge is -2.32. The molecule has 0 spiro atoms. The molecule has 3 aromatic carbocycles. The van der Waals surface area contributed by atoms with E-state index >= 15 is 8.78 Å². The number of benzene rings is 3. The molecule has 1 fully saturated rings. The third-order valence-electron chi connectivity index (χ3n) is 8.72. The van der Waals surface area contributed by atoms with Gasteiger partial charge in [0.2, 0.25) is 0 Å². The van der Waals surface area contributed by atoms with Crippen LogP contribution in [0.3, 0.4) is 0 Å². The number of fused-ring (bicyclic) bond motifs is 2. The molecule has 0 aromatic heterocycles. The van der Waals surface area contributed by atoms with Crippen LogP contribution in [0.4, 0.5) is 8.78 Å². The maximum Gasteiger partial charge on any atom is 0.494 e. The standard InChI is InChI=1S/C32H33BF2O7/c1-31(2)32(3,4)42-33(41-31)19-6-11-26(24(35)15-19)40-25-13-10-23(34)30-22(25)9-12-27(30)39-20-7-8-21-18(14-29(36)37-5)17-38-28(21)16-20/h6-8,10-11,13,15-16,18,27H,9,12,14,17H2,1-5H3/t18?,27-/m1/s1. The highest BCUT2D eigenvalue weighted by atomic mass is 19.1. The third-order valence-corrected chi connectivity index (χ3v) is 8.72. The zero-order valence-corrected chi connectivity index (χ0v) is 24.3. The number of rotatable bonds is 7. The van der Waals surface area contributed by atoms with Crippen LogP contribution in [0.2, 0.25) is 0 Å². The van der Waals surface area contributed by atoms with E-state index in [1.165, 1.54) is 31.4 Å². The molecule has 42 heavy (non-hydrogen) atoms. The summed E-state index contributed by atoms with van der Waals surface area (Å²) in [5.41, 5.74) is 1.41. The topological polar surface area (TPSA) is 72.5 Å². The molecule has 6 rings (SSSR count). The SMILES string of the molecule is COC(=O)CC1COc2cc(O[C@@H]3CCc4c(Oc5ccc(B6OC(C)(C)C(C)(C)O6)cc5F)ccc(F)c43)ccc21. The number of ether oxygens (including phenoxy) is 4. The average molecular weight is 578 g/mol. The predicted octanol–water partition coefficient (Wildman–Crippen LogP) is 6.16. The molecule has 2 aliphatic heterocycles. The molecule has 220 valence electrons. The molecular formula is C32H33BF2O7. The van der Waals surface area contributed by atoms with Crippen LogP contribution in [0.5, 0.6) is 23.0 Å². The Balaban J connectivity index is 1.18. The lowest BCUT2D eigenvalue weighted by Crippen LogP contribution is -2.41. The first-order chi connectivity index (χ1) is 20.0. The number of methoxy groups -OCH3 is 1. The van der Waals surface area contributed by atoms with Crippen molar-refractivity contribution in [1.82, 2.24) is 0 Å². The molecule has 3 aliphatic rings. The summed E-state index contributed by atoms with van der Waals surface area (Å²) in [5, 5.41) is 0. The monoisotopic (exact) mass is 578 g/mol. The van der Waals surface area contributed by atoms with E-state index in [0.717, 1.165) is 5.56 Å². The Hall–Kier alpha value is -3.63. The van der Waals surface area contributed by atoms with Gasteiger partial charge in [0.1, 0.15) is 29.2 Å². The van der Waals surface area contributed by atoms with Crippen molar-refractivity contribution >= 4 is 18.6 Å². The maximum atomic E-state index is 15.2. The molecule has 2 atom stereocenters. The second-order valence-corrected chi connectivity index (χ2v) is 12.0. The quantitative estimate of drug-likeness (QED) is 0.246. The fourth-order valence-corrected chi connectivity index (χ4v) is 5.65. The van der Waals surface area contributed by atoms with Crippen molar-refractivity contribution in [2.24, 2.45) is 0 Å². The number of hydrogen-bond acceptors (Lipinski definition) is 7. The normalized spacial score (nSPS) is 21.5. The van der Waals surface area contributed by atoms with Crippen LogP contribution in [0, 0.1) is 11.6 Å². The van der Waals surface area contributed by atoms with Crippen LogP contribution < -0.4 is 19.7 Å². The number of carbonyl (C=O) groups excluding carboxylic acids is 1. The van der Waals surface area contributed by atoms with Gasteiger partial charge in [0, 0.05) is 28.7 Å². The summed E-state index contributed by atoms with van der Waals surface area (Å²) in [5.74, 6) is 0.193. The number of esters is 1. The fourth-order valence-electron chi connectivity index (χ4n) is 5.65. The number of hydrogen-bond donors (Lipinski definition) is 0. The summed E-state index contributed by atoms with van der Waals surface area (Å²) in [7, 11) is 0.662. The summed E-state index contributed by atoms with van der Waals surface area (Å²) in [6.07, 6.45) is 0.710. The van der Waals surface area contributed by atoms with E-state index in [1.54, 1.807) is 18.2 Å². The van der Waals surface area contributed by atoms with E-state index in [1.807, 2.05) is 33.8 Å². The van der Waals surface area contributed by atoms with E-state index < -0.39 is 36.1 Å². The molecule has 0 radical (unpaired) electrons. The van der Waals surface area contributed by atoms with Gasteiger partial charge in [-0.3, -0.25) is 4.79 Å². The van der Waals surface area contributed by atoms with Gasteiger partial charge in [-0.25, -0.2) is 8.78 Å². The van der Waals surface area contributed by atoms with Gasteiger partial charge in [-0.15, -0.1) is 0 Å². The van der Waals surface area contributed by atoms with Crippen molar-refractivity contribution in [2.75, 3.05) is 13.7 Å². The molecule has 2 heterocycles. The molecule has 10 heteroatoms. The highest BCUT2D eigenvalue weighted by Gasteiger charge is 2.51. The van der Waals surface area contributed by atoms with Crippen LogP contribution in [-0.4, -0.2) is 38.0 Å². The molecule has 0 bridgehead atoms. The van der Waals surface area contributed by atoms with E-state index in [9.17, 15) is 4.79 Å². The molecule has 7 nitrogen and oxygen atoms in total.